The van der Waals surface area contributed by atoms with Crippen molar-refractivity contribution >= 4 is 11.6 Å². The Balaban J connectivity index is 2.49. The summed E-state index contributed by atoms with van der Waals surface area (Å²) in [7, 11) is 0. The van der Waals surface area contributed by atoms with Gasteiger partial charge in [-0.2, -0.15) is 22.7 Å². The first-order chi connectivity index (χ1) is 9.08. The summed E-state index contributed by atoms with van der Waals surface area (Å²) in [6, 6.07) is 2.70. The molecule has 6 nitrogen and oxygen atoms in total. The van der Waals surface area contributed by atoms with Crippen molar-refractivity contribution < 1.29 is 23.0 Å². The van der Waals surface area contributed by atoms with Gasteiger partial charge in [-0.1, -0.05) is 0 Å². The van der Waals surface area contributed by atoms with Gasteiger partial charge in [-0.15, -0.1) is 5.10 Å². The van der Waals surface area contributed by atoms with Gasteiger partial charge in [-0.25, -0.2) is 0 Å². The molecule has 0 aliphatic heterocycles. The molecule has 0 atom stereocenters. The standard InChI is InChI=1S/C11H13F3N4O2/c1-10(2,19)6-3-4-7(20-5-11(12,13)14)18-8(6)16-9(15)17-18/h3-4,19H,5H2,1-2H3,(H2,15,17). The molecule has 0 fully saturated rings. The quantitative estimate of drug-likeness (QED) is 0.894. The maximum Gasteiger partial charge on any atom is 0.422 e. The number of aliphatic hydroxyl groups is 1. The lowest BCUT2D eigenvalue weighted by molar-refractivity contribution is -0.154. The normalized spacial score (nSPS) is 12.9. The minimum absolute atomic E-state index is 0.126. The largest absolute Gasteiger partial charge is 0.468 e. The molecule has 2 aromatic rings. The highest BCUT2D eigenvalue weighted by molar-refractivity contribution is 5.54. The molecular weight excluding hydrogens is 277 g/mol. The van der Waals surface area contributed by atoms with Crippen LogP contribution < -0.4 is 10.5 Å². The van der Waals surface area contributed by atoms with Crippen molar-refractivity contribution in [2.75, 3.05) is 12.3 Å². The second kappa shape index (κ2) is 4.51. The molecule has 3 N–H and O–H groups in total. The molecule has 0 bridgehead atoms. The van der Waals surface area contributed by atoms with Crippen molar-refractivity contribution in [2.45, 2.75) is 25.6 Å². The Labute approximate surface area is 112 Å². The lowest BCUT2D eigenvalue weighted by Crippen LogP contribution is -2.21. The number of hydrogen-bond acceptors (Lipinski definition) is 5. The van der Waals surface area contributed by atoms with E-state index in [2.05, 4.69) is 14.8 Å². The topological polar surface area (TPSA) is 85.7 Å². The summed E-state index contributed by atoms with van der Waals surface area (Å²) in [6.45, 7) is 1.58. The summed E-state index contributed by atoms with van der Waals surface area (Å²) in [6.07, 6.45) is -4.46. The van der Waals surface area contributed by atoms with E-state index < -0.39 is 18.4 Å². The SMILES string of the molecule is CC(C)(O)c1ccc(OCC(F)(F)F)n2nc(N)nc12. The molecule has 20 heavy (non-hydrogen) atoms. The molecule has 0 amide bonds. The Kier molecular flexibility index (Phi) is 3.24. The summed E-state index contributed by atoms with van der Waals surface area (Å²) in [5, 5.41) is 13.8. The Morgan fingerprint density at radius 3 is 2.55 bits per heavy atom. The number of alkyl halides is 3. The molecule has 2 aromatic heterocycles. The highest BCUT2D eigenvalue weighted by atomic mass is 19.4. The van der Waals surface area contributed by atoms with Crippen molar-refractivity contribution in [1.82, 2.24) is 14.6 Å². The zero-order chi connectivity index (χ0) is 15.1. The minimum Gasteiger partial charge on any atom is -0.468 e. The van der Waals surface area contributed by atoms with Gasteiger partial charge >= 0.3 is 6.18 Å². The van der Waals surface area contributed by atoms with Gasteiger partial charge in [0.2, 0.25) is 11.8 Å². The number of nitrogen functional groups attached to an aromatic ring is 1. The number of halogens is 3. The number of anilines is 1. The van der Waals surface area contributed by atoms with E-state index in [4.69, 9.17) is 5.73 Å². The third-order valence-corrected chi connectivity index (χ3v) is 2.51. The fourth-order valence-corrected chi connectivity index (χ4v) is 1.70. The number of pyridine rings is 1. The molecule has 0 radical (unpaired) electrons. The lowest BCUT2D eigenvalue weighted by Gasteiger charge is -2.19. The molecule has 0 aliphatic carbocycles. The summed E-state index contributed by atoms with van der Waals surface area (Å²) in [5.41, 5.74) is 4.73. The van der Waals surface area contributed by atoms with Gasteiger partial charge in [-0.05, 0) is 19.9 Å². The Morgan fingerprint density at radius 1 is 1.35 bits per heavy atom. The first-order valence-corrected chi connectivity index (χ1v) is 5.65. The van der Waals surface area contributed by atoms with Crippen molar-refractivity contribution in [2.24, 2.45) is 0 Å². The van der Waals surface area contributed by atoms with Crippen LogP contribution in [0.4, 0.5) is 19.1 Å². The summed E-state index contributed by atoms with van der Waals surface area (Å²) >= 11 is 0. The monoisotopic (exact) mass is 290 g/mol. The molecule has 110 valence electrons. The molecular formula is C11H13F3N4O2. The molecule has 0 unspecified atom stereocenters. The van der Waals surface area contributed by atoms with E-state index in [1.54, 1.807) is 0 Å². The second-order valence-electron chi connectivity index (χ2n) is 4.75. The number of aromatic nitrogens is 3. The van der Waals surface area contributed by atoms with Crippen LogP contribution in [0.2, 0.25) is 0 Å². The van der Waals surface area contributed by atoms with Gasteiger partial charge in [0.15, 0.2) is 12.3 Å². The van der Waals surface area contributed by atoms with Crippen LogP contribution in [0.25, 0.3) is 5.65 Å². The molecule has 2 rings (SSSR count). The van der Waals surface area contributed by atoms with Crippen molar-refractivity contribution in [1.29, 1.82) is 0 Å². The maximum absolute atomic E-state index is 12.2. The molecule has 0 aliphatic rings. The van der Waals surface area contributed by atoms with E-state index in [-0.39, 0.29) is 17.5 Å². The van der Waals surface area contributed by atoms with Crippen molar-refractivity contribution in [3.05, 3.63) is 17.7 Å². The second-order valence-corrected chi connectivity index (χ2v) is 4.75. The van der Waals surface area contributed by atoms with Crippen LogP contribution in [0.5, 0.6) is 5.88 Å². The van der Waals surface area contributed by atoms with Crippen LogP contribution in [0, 0.1) is 0 Å². The Hall–Kier alpha value is -2.03. The van der Waals surface area contributed by atoms with Crippen molar-refractivity contribution in [3.8, 4) is 5.88 Å². The first-order valence-electron chi connectivity index (χ1n) is 5.65. The highest BCUT2D eigenvalue weighted by Crippen LogP contribution is 2.28. The molecule has 0 aromatic carbocycles. The average molecular weight is 290 g/mol. The summed E-state index contributed by atoms with van der Waals surface area (Å²) < 4.78 is 42.2. The van der Waals surface area contributed by atoms with Gasteiger partial charge < -0.3 is 15.6 Å². The number of ether oxygens (including phenoxy) is 1. The average Bonchev–Trinajstić information content (AvgIpc) is 2.64. The van der Waals surface area contributed by atoms with Crippen LogP contribution in [0.1, 0.15) is 19.4 Å². The van der Waals surface area contributed by atoms with Crippen LogP contribution >= 0.6 is 0 Å². The lowest BCUT2D eigenvalue weighted by atomic mass is 10.00. The first kappa shape index (κ1) is 14.4. The molecule has 0 saturated carbocycles. The third-order valence-electron chi connectivity index (χ3n) is 2.51. The fraction of sp³-hybridized carbons (Fsp3) is 0.455. The number of fused-ring (bicyclic) bond motifs is 1. The van der Waals surface area contributed by atoms with Gasteiger partial charge in [0.25, 0.3) is 0 Å². The summed E-state index contributed by atoms with van der Waals surface area (Å²) in [5.74, 6) is -0.284. The number of nitrogens with zero attached hydrogens (tertiary/aromatic N) is 3. The van der Waals surface area contributed by atoms with E-state index >= 15 is 0 Å². The number of rotatable bonds is 3. The van der Waals surface area contributed by atoms with Crippen LogP contribution in [-0.2, 0) is 5.60 Å². The van der Waals surface area contributed by atoms with Crippen LogP contribution in [-0.4, -0.2) is 32.5 Å². The molecule has 0 spiro atoms. The predicted octanol–water partition coefficient (Wildman–Crippen LogP) is 1.48. The van der Waals surface area contributed by atoms with E-state index in [9.17, 15) is 18.3 Å². The minimum atomic E-state index is -4.46. The fourth-order valence-electron chi connectivity index (χ4n) is 1.70. The van der Waals surface area contributed by atoms with Gasteiger partial charge in [0.1, 0.15) is 0 Å². The van der Waals surface area contributed by atoms with Crippen molar-refractivity contribution in [3.63, 3.8) is 0 Å². The zero-order valence-corrected chi connectivity index (χ0v) is 10.8. The van der Waals surface area contributed by atoms with E-state index in [1.807, 2.05) is 0 Å². The summed E-state index contributed by atoms with van der Waals surface area (Å²) in [4.78, 5) is 3.89. The van der Waals surface area contributed by atoms with Crippen LogP contribution in [0.15, 0.2) is 12.1 Å². The van der Waals surface area contributed by atoms with Gasteiger partial charge in [-0.3, -0.25) is 0 Å². The predicted molar refractivity (Wildman–Crippen MR) is 64.2 cm³/mol. The Bertz CT molecular complexity index is 631. The third kappa shape index (κ3) is 2.93. The van der Waals surface area contributed by atoms with Gasteiger partial charge in [0, 0.05) is 11.6 Å². The molecule has 2 heterocycles. The molecule has 9 heteroatoms. The highest BCUT2D eigenvalue weighted by Gasteiger charge is 2.30. The number of hydrogen-bond donors (Lipinski definition) is 2. The zero-order valence-electron chi connectivity index (χ0n) is 10.8. The van der Waals surface area contributed by atoms with E-state index in [0.29, 0.717) is 5.56 Å². The smallest absolute Gasteiger partial charge is 0.422 e. The number of nitrogens with two attached hydrogens (primary N) is 1. The van der Waals surface area contributed by atoms with E-state index in [0.717, 1.165) is 4.52 Å². The Morgan fingerprint density at radius 2 is 2.00 bits per heavy atom. The van der Waals surface area contributed by atoms with Crippen LogP contribution in [0.3, 0.4) is 0 Å². The maximum atomic E-state index is 12.2. The van der Waals surface area contributed by atoms with Gasteiger partial charge in [0.05, 0.1) is 5.60 Å². The van der Waals surface area contributed by atoms with E-state index in [1.165, 1.54) is 26.0 Å². The molecule has 0 saturated heterocycles.